The molecule has 0 saturated heterocycles. The average Bonchev–Trinajstić information content (AvgIpc) is 2.45. The van der Waals surface area contributed by atoms with Crippen LogP contribution >= 0.6 is 0 Å². The van der Waals surface area contributed by atoms with Gasteiger partial charge in [-0.05, 0) is 48.5 Å². The zero-order valence-electron chi connectivity index (χ0n) is 14.8. The topological polar surface area (TPSA) is 17.1 Å². The van der Waals surface area contributed by atoms with Gasteiger partial charge in [-0.15, -0.1) is 0 Å². The minimum absolute atomic E-state index is 0. The van der Waals surface area contributed by atoms with E-state index in [0.29, 0.717) is 0 Å². The van der Waals surface area contributed by atoms with E-state index in [9.17, 15) is 4.79 Å². The smallest absolute Gasteiger partial charge is 0.193 e. The highest BCUT2D eigenvalue weighted by Gasteiger charge is 2.16. The fourth-order valence-corrected chi connectivity index (χ4v) is 2.29. The zero-order chi connectivity index (χ0) is 16.5. The third kappa shape index (κ3) is 4.86. The molecule has 0 fully saturated rings. The molecule has 2 aromatic rings. The van der Waals surface area contributed by atoms with Crippen molar-refractivity contribution in [2.24, 2.45) is 0 Å². The van der Waals surface area contributed by atoms with E-state index in [1.165, 1.54) is 11.4 Å². The first kappa shape index (κ1) is 19.8. The van der Waals surface area contributed by atoms with Crippen LogP contribution in [-0.4, -0.2) is 48.1 Å². The van der Waals surface area contributed by atoms with Crippen molar-refractivity contribution in [2.45, 2.75) is 0 Å². The number of ketones is 1. The molecule has 4 heteroatoms. The first-order valence-electron chi connectivity index (χ1n) is 7.48. The molecule has 0 radical (unpaired) electrons. The molecule has 0 heterocycles. The van der Waals surface area contributed by atoms with Crippen LogP contribution in [0.1, 0.15) is 15.9 Å². The molecule has 0 N–H and O–H groups in total. The van der Waals surface area contributed by atoms with E-state index in [4.69, 9.17) is 0 Å². The Kier molecular flexibility index (Phi) is 6.12. The van der Waals surface area contributed by atoms with Gasteiger partial charge in [-0.3, -0.25) is 13.8 Å². The number of hydrogen-bond acceptors (Lipinski definition) is 1. The lowest BCUT2D eigenvalue weighted by atomic mass is 10.0. The Morgan fingerprint density at radius 1 is 0.609 bits per heavy atom. The number of benzene rings is 2. The van der Waals surface area contributed by atoms with Crippen molar-refractivity contribution in [1.82, 2.24) is 8.97 Å². The predicted molar refractivity (Wildman–Crippen MR) is 95.4 cm³/mol. The van der Waals surface area contributed by atoms with E-state index in [1.54, 1.807) is 0 Å². The summed E-state index contributed by atoms with van der Waals surface area (Å²) in [6, 6.07) is 15.7. The Labute approximate surface area is 156 Å². The fraction of sp³-hybridized carbons (Fsp3) is 0.316. The van der Waals surface area contributed by atoms with E-state index in [1.807, 2.05) is 48.5 Å². The molecule has 0 bridgehead atoms. The summed E-state index contributed by atoms with van der Waals surface area (Å²) in [6.45, 7) is 0. The molecule has 0 saturated carbocycles. The van der Waals surface area contributed by atoms with Crippen molar-refractivity contribution < 1.29 is 28.8 Å². The quantitative estimate of drug-likeness (QED) is 0.392. The number of carbonyl (C=O) groups excluding carboxylic acids is 1. The second-order valence-corrected chi connectivity index (χ2v) is 7.45. The van der Waals surface area contributed by atoms with Gasteiger partial charge in [0.15, 0.2) is 5.78 Å². The Morgan fingerprint density at radius 3 is 1.09 bits per heavy atom. The average molecular weight is 425 g/mol. The summed E-state index contributed by atoms with van der Waals surface area (Å²) in [6.07, 6.45) is 0. The number of hydrogen-bond donors (Lipinski definition) is 0. The summed E-state index contributed by atoms with van der Waals surface area (Å²) in [5.41, 5.74) is 3.82. The molecule has 0 aromatic heterocycles. The maximum absolute atomic E-state index is 12.6. The van der Waals surface area contributed by atoms with Crippen molar-refractivity contribution in [2.75, 3.05) is 42.3 Å². The summed E-state index contributed by atoms with van der Waals surface area (Å²) in [5, 5.41) is 0. The SMILES string of the molecule is C[N+](C)(C)c1ccc(C(=O)c2ccc([N+](C)(C)C)cc2)cc1.[I-]. The number of rotatable bonds is 4. The van der Waals surface area contributed by atoms with Gasteiger partial charge in [-0.25, -0.2) is 0 Å². The van der Waals surface area contributed by atoms with Crippen LogP contribution in [0.5, 0.6) is 0 Å². The minimum atomic E-state index is 0. The molecular formula is C19H26IN2O+. The van der Waals surface area contributed by atoms with Crippen molar-refractivity contribution in [3.63, 3.8) is 0 Å². The molecule has 0 aliphatic heterocycles. The van der Waals surface area contributed by atoms with Gasteiger partial charge in [0.05, 0.1) is 42.3 Å². The first-order chi connectivity index (χ1) is 10.1. The minimum Gasteiger partial charge on any atom is -1.00 e. The van der Waals surface area contributed by atoms with Crippen LogP contribution in [0.15, 0.2) is 48.5 Å². The van der Waals surface area contributed by atoms with E-state index in [0.717, 1.165) is 20.1 Å². The molecule has 23 heavy (non-hydrogen) atoms. The summed E-state index contributed by atoms with van der Waals surface area (Å²) in [7, 11) is 12.7. The van der Waals surface area contributed by atoms with Gasteiger partial charge in [0.25, 0.3) is 0 Å². The van der Waals surface area contributed by atoms with E-state index >= 15 is 0 Å². The van der Waals surface area contributed by atoms with Gasteiger partial charge in [0.2, 0.25) is 0 Å². The Bertz CT molecular complexity index is 603. The lowest BCUT2D eigenvalue weighted by Crippen LogP contribution is -3.00. The number of quaternary nitrogens is 2. The standard InChI is InChI=1S/C19H26N2O.HI/c1-20(2,3)17-11-7-15(8-12-17)19(22)16-9-13-18(14-10-16)21(4,5)6;/h7-14H,1-6H3;1H/q+2;/p-1. The molecule has 2 rings (SSSR count). The van der Waals surface area contributed by atoms with Crippen LogP contribution < -0.4 is 32.9 Å². The second-order valence-electron chi connectivity index (χ2n) is 7.45. The Balaban J connectivity index is 0.00000264. The summed E-state index contributed by atoms with van der Waals surface area (Å²) >= 11 is 0. The molecular weight excluding hydrogens is 399 g/mol. The summed E-state index contributed by atoms with van der Waals surface area (Å²) < 4.78 is 1.49. The fourth-order valence-electron chi connectivity index (χ4n) is 2.29. The van der Waals surface area contributed by atoms with Crippen molar-refractivity contribution >= 4 is 17.2 Å². The van der Waals surface area contributed by atoms with E-state index < -0.39 is 0 Å². The highest BCUT2D eigenvalue weighted by molar-refractivity contribution is 6.09. The van der Waals surface area contributed by atoms with Gasteiger partial charge in [-0.2, -0.15) is 0 Å². The highest BCUT2D eigenvalue weighted by atomic mass is 127. The lowest BCUT2D eigenvalue weighted by molar-refractivity contribution is -0.0000122. The number of halogens is 1. The highest BCUT2D eigenvalue weighted by Crippen LogP contribution is 2.21. The van der Waals surface area contributed by atoms with Crippen molar-refractivity contribution in [3.8, 4) is 0 Å². The van der Waals surface area contributed by atoms with Gasteiger partial charge in [0.1, 0.15) is 11.4 Å². The largest absolute Gasteiger partial charge is 1.00 e. The van der Waals surface area contributed by atoms with E-state index in [2.05, 4.69) is 42.3 Å². The van der Waals surface area contributed by atoms with Crippen molar-refractivity contribution in [3.05, 3.63) is 59.7 Å². The molecule has 0 aliphatic rings. The molecule has 0 atom stereocenters. The summed E-state index contributed by atoms with van der Waals surface area (Å²) in [4.78, 5) is 12.6. The summed E-state index contributed by atoms with van der Waals surface area (Å²) in [5.74, 6) is 0.0703. The van der Waals surface area contributed by atoms with Gasteiger partial charge in [0, 0.05) is 11.1 Å². The van der Waals surface area contributed by atoms with Crippen LogP contribution in [0.2, 0.25) is 0 Å². The van der Waals surface area contributed by atoms with Gasteiger partial charge in [-0.1, -0.05) is 0 Å². The second kappa shape index (κ2) is 7.11. The normalized spacial score (nSPS) is 11.7. The number of carbonyl (C=O) groups is 1. The molecule has 2 aromatic carbocycles. The first-order valence-corrected chi connectivity index (χ1v) is 7.48. The molecule has 124 valence electrons. The van der Waals surface area contributed by atoms with Gasteiger partial charge < -0.3 is 24.0 Å². The monoisotopic (exact) mass is 425 g/mol. The molecule has 0 spiro atoms. The third-order valence-electron chi connectivity index (χ3n) is 3.81. The Hall–Kier alpha value is -1.24. The predicted octanol–water partition coefficient (Wildman–Crippen LogP) is 0.315. The van der Waals surface area contributed by atoms with Crippen LogP contribution in [0.3, 0.4) is 0 Å². The maximum atomic E-state index is 12.6. The van der Waals surface area contributed by atoms with Crippen LogP contribution in [0.4, 0.5) is 11.4 Å². The molecule has 0 aliphatic carbocycles. The zero-order valence-corrected chi connectivity index (χ0v) is 17.0. The van der Waals surface area contributed by atoms with Crippen LogP contribution in [0.25, 0.3) is 0 Å². The van der Waals surface area contributed by atoms with E-state index in [-0.39, 0.29) is 29.8 Å². The maximum Gasteiger partial charge on any atom is 0.193 e. The molecule has 0 amide bonds. The van der Waals surface area contributed by atoms with Crippen LogP contribution in [0, 0.1) is 0 Å². The molecule has 3 nitrogen and oxygen atoms in total. The lowest BCUT2D eigenvalue weighted by Gasteiger charge is -2.23. The van der Waals surface area contributed by atoms with Gasteiger partial charge >= 0.3 is 0 Å². The third-order valence-corrected chi connectivity index (χ3v) is 3.81. The Morgan fingerprint density at radius 2 is 0.870 bits per heavy atom. The number of nitrogens with zero attached hydrogens (tertiary/aromatic N) is 2. The van der Waals surface area contributed by atoms with Crippen LogP contribution in [-0.2, 0) is 0 Å². The van der Waals surface area contributed by atoms with Crippen molar-refractivity contribution in [1.29, 1.82) is 0 Å². The molecule has 0 unspecified atom stereocenters.